The summed E-state index contributed by atoms with van der Waals surface area (Å²) < 4.78 is 0. The molecule has 0 saturated carbocycles. The molecule has 2 amide bonds. The first-order chi connectivity index (χ1) is 9.15. The zero-order chi connectivity index (χ0) is 14.1. The van der Waals surface area contributed by atoms with Gasteiger partial charge in [-0.1, -0.05) is 20.3 Å². The summed E-state index contributed by atoms with van der Waals surface area (Å²) in [6.07, 6.45) is 2.85. The van der Waals surface area contributed by atoms with Crippen molar-refractivity contribution in [2.75, 3.05) is 13.1 Å². The van der Waals surface area contributed by atoms with Gasteiger partial charge in [0.15, 0.2) is 0 Å². The molecule has 0 aliphatic rings. The largest absolute Gasteiger partial charge is 0.391 e. The van der Waals surface area contributed by atoms with Crippen LogP contribution >= 0.6 is 11.3 Å². The molecule has 1 unspecified atom stereocenters. The number of thiazole rings is 1. The maximum Gasteiger partial charge on any atom is 0.314 e. The van der Waals surface area contributed by atoms with E-state index in [1.165, 1.54) is 0 Å². The van der Waals surface area contributed by atoms with Gasteiger partial charge >= 0.3 is 6.03 Å². The lowest BCUT2D eigenvalue weighted by atomic mass is 10.2. The van der Waals surface area contributed by atoms with Crippen LogP contribution in [-0.2, 0) is 12.8 Å². The van der Waals surface area contributed by atoms with Gasteiger partial charge in [-0.05, 0) is 12.8 Å². The Morgan fingerprint density at radius 1 is 1.47 bits per heavy atom. The summed E-state index contributed by atoms with van der Waals surface area (Å²) in [5.74, 6) is 0. The lowest BCUT2D eigenvalue weighted by Crippen LogP contribution is -2.40. The molecule has 19 heavy (non-hydrogen) atoms. The number of hydrogen-bond acceptors (Lipinski definition) is 4. The highest BCUT2D eigenvalue weighted by Gasteiger charge is 2.06. The average Bonchev–Trinajstić information content (AvgIpc) is 2.85. The minimum absolute atomic E-state index is 0.235. The zero-order valence-corrected chi connectivity index (χ0v) is 12.4. The molecule has 0 aliphatic heterocycles. The van der Waals surface area contributed by atoms with Gasteiger partial charge in [-0.15, -0.1) is 11.3 Å². The Bertz CT molecular complexity index is 382. The van der Waals surface area contributed by atoms with Crippen LogP contribution in [0.1, 0.15) is 37.4 Å². The molecule has 0 aromatic carbocycles. The number of rotatable bonds is 8. The second kappa shape index (κ2) is 8.87. The smallest absolute Gasteiger partial charge is 0.314 e. The SMILES string of the molecule is CCCC(O)CNC(=O)NCCc1csc(CC)n1. The Morgan fingerprint density at radius 3 is 2.89 bits per heavy atom. The second-order valence-corrected chi connectivity index (χ2v) is 5.36. The maximum absolute atomic E-state index is 11.5. The molecule has 3 N–H and O–H groups in total. The lowest BCUT2D eigenvalue weighted by Gasteiger charge is -2.11. The monoisotopic (exact) mass is 285 g/mol. The number of urea groups is 1. The quantitative estimate of drug-likeness (QED) is 0.680. The highest BCUT2D eigenvalue weighted by molar-refractivity contribution is 7.09. The van der Waals surface area contributed by atoms with Gasteiger partial charge in [-0.3, -0.25) is 0 Å². The minimum atomic E-state index is -0.457. The van der Waals surface area contributed by atoms with Crippen molar-refractivity contribution < 1.29 is 9.90 Å². The van der Waals surface area contributed by atoms with E-state index in [1.807, 2.05) is 12.3 Å². The van der Waals surface area contributed by atoms with Gasteiger partial charge in [0.05, 0.1) is 16.8 Å². The summed E-state index contributed by atoms with van der Waals surface area (Å²) in [6, 6.07) is -0.235. The molecule has 1 heterocycles. The summed E-state index contributed by atoms with van der Waals surface area (Å²) in [5.41, 5.74) is 1.02. The van der Waals surface area contributed by atoms with Crippen LogP contribution in [0.5, 0.6) is 0 Å². The third-order valence-corrected chi connectivity index (χ3v) is 3.73. The van der Waals surface area contributed by atoms with Gasteiger partial charge in [0.2, 0.25) is 0 Å². The third kappa shape index (κ3) is 6.54. The summed E-state index contributed by atoms with van der Waals surface area (Å²) in [4.78, 5) is 15.9. The molecule has 6 heteroatoms. The molecular weight excluding hydrogens is 262 g/mol. The van der Waals surface area contributed by atoms with E-state index in [-0.39, 0.29) is 6.03 Å². The number of nitrogens with one attached hydrogen (secondary N) is 2. The van der Waals surface area contributed by atoms with Gasteiger partial charge in [-0.25, -0.2) is 9.78 Å². The number of aliphatic hydroxyl groups is 1. The molecule has 1 rings (SSSR count). The van der Waals surface area contributed by atoms with Crippen LogP contribution in [0.4, 0.5) is 4.79 Å². The van der Waals surface area contributed by atoms with Crippen molar-refractivity contribution >= 4 is 17.4 Å². The maximum atomic E-state index is 11.5. The van der Waals surface area contributed by atoms with Gasteiger partial charge in [0.1, 0.15) is 0 Å². The van der Waals surface area contributed by atoms with E-state index >= 15 is 0 Å². The molecule has 0 spiro atoms. The molecule has 0 saturated heterocycles. The summed E-state index contributed by atoms with van der Waals surface area (Å²) >= 11 is 1.66. The van der Waals surface area contributed by atoms with E-state index in [2.05, 4.69) is 22.5 Å². The van der Waals surface area contributed by atoms with Crippen molar-refractivity contribution in [2.24, 2.45) is 0 Å². The van der Waals surface area contributed by atoms with Crippen molar-refractivity contribution in [2.45, 2.75) is 45.6 Å². The number of hydrogen-bond donors (Lipinski definition) is 3. The van der Waals surface area contributed by atoms with Gasteiger partial charge in [0, 0.05) is 24.9 Å². The van der Waals surface area contributed by atoms with Crippen LogP contribution in [0.3, 0.4) is 0 Å². The highest BCUT2D eigenvalue weighted by Crippen LogP contribution is 2.10. The van der Waals surface area contributed by atoms with Crippen molar-refractivity contribution in [1.82, 2.24) is 15.6 Å². The molecule has 0 fully saturated rings. The van der Waals surface area contributed by atoms with Crippen LogP contribution in [-0.4, -0.2) is 35.3 Å². The molecule has 0 aliphatic carbocycles. The highest BCUT2D eigenvalue weighted by atomic mass is 32.1. The number of amides is 2. The molecule has 1 aromatic rings. The fourth-order valence-electron chi connectivity index (χ4n) is 1.64. The van der Waals surface area contributed by atoms with E-state index < -0.39 is 6.10 Å². The van der Waals surface area contributed by atoms with Crippen LogP contribution < -0.4 is 10.6 Å². The first-order valence-corrected chi connectivity index (χ1v) is 7.66. The molecule has 0 bridgehead atoms. The fourth-order valence-corrected chi connectivity index (χ4v) is 2.42. The van der Waals surface area contributed by atoms with Crippen molar-refractivity contribution in [3.63, 3.8) is 0 Å². The Morgan fingerprint density at radius 2 is 2.26 bits per heavy atom. The van der Waals surface area contributed by atoms with Gasteiger partial charge in [0.25, 0.3) is 0 Å². The molecule has 108 valence electrons. The standard InChI is InChI=1S/C13H23N3O2S/c1-3-5-11(17)8-15-13(18)14-7-6-10-9-19-12(4-2)16-10/h9,11,17H,3-8H2,1-2H3,(H2,14,15,18). The lowest BCUT2D eigenvalue weighted by molar-refractivity contribution is 0.160. The van der Waals surface area contributed by atoms with E-state index in [0.717, 1.165) is 30.0 Å². The van der Waals surface area contributed by atoms with E-state index in [9.17, 15) is 9.90 Å². The zero-order valence-electron chi connectivity index (χ0n) is 11.6. The van der Waals surface area contributed by atoms with Crippen LogP contribution in [0, 0.1) is 0 Å². The molecule has 1 aromatic heterocycles. The third-order valence-electron chi connectivity index (χ3n) is 2.69. The van der Waals surface area contributed by atoms with E-state index in [0.29, 0.717) is 19.5 Å². The summed E-state index contributed by atoms with van der Waals surface area (Å²) in [5, 5.41) is 18.0. The minimum Gasteiger partial charge on any atom is -0.391 e. The number of aliphatic hydroxyl groups excluding tert-OH is 1. The van der Waals surface area contributed by atoms with Gasteiger partial charge in [-0.2, -0.15) is 0 Å². The Hall–Kier alpha value is -1.14. The van der Waals surface area contributed by atoms with Crippen molar-refractivity contribution in [3.05, 3.63) is 16.1 Å². The second-order valence-electron chi connectivity index (χ2n) is 4.42. The first kappa shape index (κ1) is 15.9. The van der Waals surface area contributed by atoms with Crippen molar-refractivity contribution in [3.8, 4) is 0 Å². The topological polar surface area (TPSA) is 74.2 Å². The first-order valence-electron chi connectivity index (χ1n) is 6.78. The molecular formula is C13H23N3O2S. The van der Waals surface area contributed by atoms with E-state index in [1.54, 1.807) is 11.3 Å². The van der Waals surface area contributed by atoms with E-state index in [4.69, 9.17) is 0 Å². The Kier molecular flexibility index (Phi) is 7.43. The summed E-state index contributed by atoms with van der Waals surface area (Å²) in [7, 11) is 0. The predicted molar refractivity (Wildman–Crippen MR) is 77.5 cm³/mol. The normalized spacial score (nSPS) is 12.2. The number of carbonyl (C=O) groups is 1. The molecule has 1 atom stereocenters. The number of nitrogens with zero attached hydrogens (tertiary/aromatic N) is 1. The van der Waals surface area contributed by atoms with Crippen LogP contribution in [0.15, 0.2) is 5.38 Å². The predicted octanol–water partition coefficient (Wildman–Crippen LogP) is 1.71. The molecule has 5 nitrogen and oxygen atoms in total. The number of aromatic nitrogens is 1. The van der Waals surface area contributed by atoms with Crippen molar-refractivity contribution in [1.29, 1.82) is 0 Å². The number of aryl methyl sites for hydroxylation is 1. The summed E-state index contributed by atoms with van der Waals surface area (Å²) in [6.45, 7) is 4.94. The molecule has 0 radical (unpaired) electrons. The number of carbonyl (C=O) groups excluding carboxylic acids is 1. The van der Waals surface area contributed by atoms with Crippen LogP contribution in [0.25, 0.3) is 0 Å². The Labute approximate surface area is 118 Å². The van der Waals surface area contributed by atoms with Crippen LogP contribution in [0.2, 0.25) is 0 Å². The van der Waals surface area contributed by atoms with Gasteiger partial charge < -0.3 is 15.7 Å². The Balaban J connectivity index is 2.13. The average molecular weight is 285 g/mol. The fraction of sp³-hybridized carbons (Fsp3) is 0.692.